The quantitative estimate of drug-likeness (QED) is 0.889. The van der Waals surface area contributed by atoms with Crippen molar-refractivity contribution in [1.29, 1.82) is 0 Å². The van der Waals surface area contributed by atoms with Gasteiger partial charge in [-0.25, -0.2) is 4.39 Å². The normalized spacial score (nSPS) is 13.0. The highest BCUT2D eigenvalue weighted by atomic mass is 19.1. The lowest BCUT2D eigenvalue weighted by molar-refractivity contribution is 0.419. The van der Waals surface area contributed by atoms with E-state index >= 15 is 0 Å². The van der Waals surface area contributed by atoms with Crippen molar-refractivity contribution < 1.29 is 9.13 Å². The molecule has 0 radical (unpaired) electrons. The third-order valence-electron chi connectivity index (χ3n) is 3.10. The van der Waals surface area contributed by atoms with Gasteiger partial charge in [0.1, 0.15) is 11.6 Å². The molecule has 0 saturated heterocycles. The summed E-state index contributed by atoms with van der Waals surface area (Å²) in [5.74, 6) is 0.446. The minimum absolute atomic E-state index is 0.0640. The van der Waals surface area contributed by atoms with Gasteiger partial charge in [-0.15, -0.1) is 0 Å². The summed E-state index contributed by atoms with van der Waals surface area (Å²) in [7, 11) is 1.59. The van der Waals surface area contributed by atoms with E-state index in [1.54, 1.807) is 13.2 Å². The van der Waals surface area contributed by atoms with E-state index in [0.29, 0.717) is 17.8 Å². The fourth-order valence-corrected chi connectivity index (χ4v) is 2.25. The van der Waals surface area contributed by atoms with Gasteiger partial charge in [0.15, 0.2) is 0 Å². The Bertz CT molecular complexity index is 548. The first kappa shape index (κ1) is 11.9. The van der Waals surface area contributed by atoms with Gasteiger partial charge in [0.2, 0.25) is 0 Å². The van der Waals surface area contributed by atoms with Crippen LogP contribution in [0.1, 0.15) is 18.7 Å². The van der Waals surface area contributed by atoms with E-state index in [9.17, 15) is 4.39 Å². The van der Waals surface area contributed by atoms with Gasteiger partial charge in [-0.05, 0) is 32.0 Å². The van der Waals surface area contributed by atoms with Crippen molar-refractivity contribution in [2.24, 2.45) is 5.73 Å². The molecule has 0 amide bonds. The maximum absolute atomic E-state index is 14.0. The molecular weight excluding hydrogens is 219 g/mol. The van der Waals surface area contributed by atoms with Crippen LogP contribution < -0.4 is 10.5 Å². The van der Waals surface area contributed by atoms with Crippen molar-refractivity contribution in [3.05, 3.63) is 29.7 Å². The van der Waals surface area contributed by atoms with E-state index in [2.05, 4.69) is 0 Å². The van der Waals surface area contributed by atoms with Crippen LogP contribution in [0.15, 0.2) is 18.2 Å². The largest absolute Gasteiger partial charge is 0.496 e. The van der Waals surface area contributed by atoms with Crippen molar-refractivity contribution in [2.75, 3.05) is 13.7 Å². The molecule has 0 saturated carbocycles. The Labute approximate surface area is 100.0 Å². The fourth-order valence-electron chi connectivity index (χ4n) is 2.25. The lowest BCUT2D eigenvalue weighted by Crippen LogP contribution is -2.17. The van der Waals surface area contributed by atoms with Crippen molar-refractivity contribution in [3.8, 4) is 5.75 Å². The minimum Gasteiger partial charge on any atom is -0.496 e. The number of hydrogen-bond acceptors (Lipinski definition) is 2. The van der Waals surface area contributed by atoms with Gasteiger partial charge in [-0.2, -0.15) is 0 Å². The average Bonchev–Trinajstić information content (AvgIpc) is 2.67. The smallest absolute Gasteiger partial charge is 0.147 e. The molecule has 0 fully saturated rings. The third kappa shape index (κ3) is 1.78. The van der Waals surface area contributed by atoms with Crippen molar-refractivity contribution in [2.45, 2.75) is 19.9 Å². The minimum atomic E-state index is -0.241. The molecular formula is C13H17FN2O. The van der Waals surface area contributed by atoms with Gasteiger partial charge < -0.3 is 15.0 Å². The summed E-state index contributed by atoms with van der Waals surface area (Å²) in [5, 5.41) is 0.797. The van der Waals surface area contributed by atoms with Crippen molar-refractivity contribution in [1.82, 2.24) is 4.57 Å². The van der Waals surface area contributed by atoms with E-state index in [4.69, 9.17) is 10.5 Å². The monoisotopic (exact) mass is 236 g/mol. The molecule has 0 aliphatic rings. The van der Waals surface area contributed by atoms with Gasteiger partial charge in [0, 0.05) is 23.7 Å². The Morgan fingerprint density at radius 2 is 2.18 bits per heavy atom. The number of nitrogens with two attached hydrogens (primary N) is 1. The number of rotatable bonds is 3. The SMILES string of the molecule is COc1ccc(F)c2c1cc(C)n2C(C)CN. The zero-order chi connectivity index (χ0) is 12.6. The first-order valence-electron chi connectivity index (χ1n) is 5.64. The Kier molecular flexibility index (Phi) is 3.07. The van der Waals surface area contributed by atoms with Gasteiger partial charge in [0.25, 0.3) is 0 Å². The summed E-state index contributed by atoms with van der Waals surface area (Å²) in [6, 6.07) is 5.08. The summed E-state index contributed by atoms with van der Waals surface area (Å²) in [6.07, 6.45) is 0. The molecule has 2 aromatic rings. The van der Waals surface area contributed by atoms with Crippen LogP contribution in [0.4, 0.5) is 4.39 Å². The average molecular weight is 236 g/mol. The number of ether oxygens (including phenoxy) is 1. The van der Waals surface area contributed by atoms with Gasteiger partial charge in [-0.3, -0.25) is 0 Å². The highest BCUT2D eigenvalue weighted by Crippen LogP contribution is 2.32. The topological polar surface area (TPSA) is 40.2 Å². The Morgan fingerprint density at radius 3 is 2.76 bits per heavy atom. The predicted molar refractivity (Wildman–Crippen MR) is 67.0 cm³/mol. The van der Waals surface area contributed by atoms with Gasteiger partial charge in [-0.1, -0.05) is 0 Å². The molecule has 0 aliphatic carbocycles. The highest BCUT2D eigenvalue weighted by Gasteiger charge is 2.16. The van der Waals surface area contributed by atoms with Crippen LogP contribution in [0.25, 0.3) is 10.9 Å². The number of aryl methyl sites for hydroxylation is 1. The Morgan fingerprint density at radius 1 is 1.47 bits per heavy atom. The van der Waals surface area contributed by atoms with Crippen LogP contribution >= 0.6 is 0 Å². The maximum atomic E-state index is 14.0. The summed E-state index contributed by atoms with van der Waals surface area (Å²) < 4.78 is 21.1. The number of aromatic nitrogens is 1. The highest BCUT2D eigenvalue weighted by molar-refractivity contribution is 5.88. The molecule has 3 nitrogen and oxygen atoms in total. The van der Waals surface area contributed by atoms with Crippen molar-refractivity contribution in [3.63, 3.8) is 0 Å². The molecule has 1 aromatic carbocycles. The number of methoxy groups -OCH3 is 1. The molecule has 2 rings (SSSR count). The van der Waals surface area contributed by atoms with Crippen LogP contribution in [-0.2, 0) is 0 Å². The molecule has 1 unspecified atom stereocenters. The molecule has 2 N–H and O–H groups in total. The van der Waals surface area contributed by atoms with Gasteiger partial charge in [0.05, 0.1) is 12.6 Å². The summed E-state index contributed by atoms with van der Waals surface area (Å²) in [4.78, 5) is 0. The van der Waals surface area contributed by atoms with E-state index in [-0.39, 0.29) is 11.9 Å². The molecule has 0 bridgehead atoms. The second kappa shape index (κ2) is 4.37. The number of benzene rings is 1. The zero-order valence-corrected chi connectivity index (χ0v) is 10.3. The van der Waals surface area contributed by atoms with E-state index in [1.165, 1.54) is 6.07 Å². The molecule has 92 valence electrons. The Balaban J connectivity index is 2.80. The summed E-state index contributed by atoms with van der Waals surface area (Å²) in [5.41, 5.74) is 7.23. The predicted octanol–water partition coefficient (Wildman–Crippen LogP) is 2.62. The standard InChI is InChI=1S/C13H17FN2O/c1-8-6-10-12(17-3)5-4-11(14)13(10)16(8)9(2)7-15/h4-6,9H,7,15H2,1-3H3. The first-order valence-corrected chi connectivity index (χ1v) is 5.64. The number of fused-ring (bicyclic) bond motifs is 1. The van der Waals surface area contributed by atoms with E-state index in [1.807, 2.05) is 24.5 Å². The van der Waals surface area contributed by atoms with E-state index in [0.717, 1.165) is 11.1 Å². The second-order valence-electron chi connectivity index (χ2n) is 4.25. The maximum Gasteiger partial charge on any atom is 0.147 e. The van der Waals surface area contributed by atoms with E-state index < -0.39 is 0 Å². The Hall–Kier alpha value is -1.55. The van der Waals surface area contributed by atoms with Crippen LogP contribution in [0.3, 0.4) is 0 Å². The van der Waals surface area contributed by atoms with Gasteiger partial charge >= 0.3 is 0 Å². The second-order valence-corrected chi connectivity index (χ2v) is 4.25. The molecule has 0 spiro atoms. The lowest BCUT2D eigenvalue weighted by atomic mass is 10.2. The first-order chi connectivity index (χ1) is 8.10. The summed E-state index contributed by atoms with van der Waals surface area (Å²) >= 11 is 0. The molecule has 17 heavy (non-hydrogen) atoms. The van der Waals surface area contributed by atoms with Crippen LogP contribution in [0.2, 0.25) is 0 Å². The number of hydrogen-bond donors (Lipinski definition) is 1. The van der Waals surface area contributed by atoms with Crippen LogP contribution in [-0.4, -0.2) is 18.2 Å². The number of halogens is 1. The van der Waals surface area contributed by atoms with Crippen LogP contribution in [0, 0.1) is 12.7 Å². The molecule has 1 aromatic heterocycles. The fraction of sp³-hybridized carbons (Fsp3) is 0.385. The lowest BCUT2D eigenvalue weighted by Gasteiger charge is -2.16. The summed E-state index contributed by atoms with van der Waals surface area (Å²) in [6.45, 7) is 4.40. The number of nitrogens with zero attached hydrogens (tertiary/aromatic N) is 1. The zero-order valence-electron chi connectivity index (χ0n) is 10.3. The molecule has 1 heterocycles. The third-order valence-corrected chi connectivity index (χ3v) is 3.10. The molecule has 0 aliphatic heterocycles. The molecule has 1 atom stereocenters. The van der Waals surface area contributed by atoms with Crippen LogP contribution in [0.5, 0.6) is 5.75 Å². The van der Waals surface area contributed by atoms with Crippen molar-refractivity contribution >= 4 is 10.9 Å². The molecule has 4 heteroatoms.